The Labute approximate surface area is 161 Å². The molecule has 5 nitrogen and oxygen atoms in total. The quantitative estimate of drug-likeness (QED) is 0.697. The van der Waals surface area contributed by atoms with E-state index in [1.54, 1.807) is 0 Å². The molecular formula is C22H30N3O2+. The minimum atomic E-state index is 0.0333. The Hall–Kier alpha value is -2.40. The van der Waals surface area contributed by atoms with Crippen LogP contribution in [-0.4, -0.2) is 42.4 Å². The number of aromatic nitrogens is 1. The van der Waals surface area contributed by atoms with Crippen LogP contribution in [0.5, 0.6) is 0 Å². The zero-order valence-corrected chi connectivity index (χ0v) is 16.7. The van der Waals surface area contributed by atoms with Crippen molar-refractivity contribution in [3.8, 4) is 0 Å². The number of benzene rings is 1. The molecule has 1 unspecified atom stereocenters. The third kappa shape index (κ3) is 4.66. The van der Waals surface area contributed by atoms with Crippen LogP contribution in [0.4, 0.5) is 0 Å². The molecule has 0 aliphatic heterocycles. The lowest BCUT2D eigenvalue weighted by Gasteiger charge is -2.19. The number of likely N-dealkylation sites (N-methyl/N-ethyl adjacent to an activating group) is 1. The molecule has 2 aromatic rings. The Balaban J connectivity index is 1.69. The number of Topliss-reactive ketones (excluding diaryl/α,β-unsaturated/α-hetero) is 1. The van der Waals surface area contributed by atoms with Gasteiger partial charge in [0.05, 0.1) is 13.1 Å². The number of nitrogens with one attached hydrogen (secondary N) is 2. The van der Waals surface area contributed by atoms with Gasteiger partial charge >= 0.3 is 0 Å². The highest BCUT2D eigenvalue weighted by Crippen LogP contribution is 2.25. The number of nitrogens with zero attached hydrogens (tertiary/aromatic N) is 1. The smallest absolute Gasteiger partial charge is 0.275 e. The summed E-state index contributed by atoms with van der Waals surface area (Å²) >= 11 is 0. The van der Waals surface area contributed by atoms with Crippen LogP contribution < -0.4 is 10.2 Å². The minimum Gasteiger partial charge on any atom is -0.348 e. The van der Waals surface area contributed by atoms with Crippen LogP contribution in [0.25, 0.3) is 0 Å². The third-order valence-electron chi connectivity index (χ3n) is 5.32. The Kier molecular flexibility index (Phi) is 5.80. The molecular weight excluding hydrogens is 338 g/mol. The highest BCUT2D eigenvalue weighted by Gasteiger charge is 2.26. The van der Waals surface area contributed by atoms with Crippen molar-refractivity contribution in [1.29, 1.82) is 0 Å². The molecule has 1 saturated carbocycles. The Morgan fingerprint density at radius 1 is 1.19 bits per heavy atom. The number of hydrogen-bond acceptors (Lipinski definition) is 2. The number of hydrogen-bond donors (Lipinski definition) is 2. The van der Waals surface area contributed by atoms with E-state index in [9.17, 15) is 9.59 Å². The number of carbonyl (C=O) groups is 2. The van der Waals surface area contributed by atoms with Crippen LogP contribution in [0.3, 0.4) is 0 Å². The van der Waals surface area contributed by atoms with Crippen LogP contribution in [0.1, 0.15) is 53.1 Å². The van der Waals surface area contributed by atoms with Crippen molar-refractivity contribution >= 4 is 11.7 Å². The molecule has 0 spiro atoms. The summed E-state index contributed by atoms with van der Waals surface area (Å²) in [5, 5.41) is 2.98. The van der Waals surface area contributed by atoms with E-state index in [4.69, 9.17) is 0 Å². The Morgan fingerprint density at radius 2 is 1.85 bits per heavy atom. The summed E-state index contributed by atoms with van der Waals surface area (Å²) in [6, 6.07) is 12.8. The molecule has 2 atom stereocenters. The predicted octanol–water partition coefficient (Wildman–Crippen LogP) is 1.69. The normalized spacial score (nSPS) is 16.0. The van der Waals surface area contributed by atoms with Crippen LogP contribution in [-0.2, 0) is 4.79 Å². The molecule has 144 valence electrons. The first-order chi connectivity index (χ1) is 12.9. The molecule has 1 heterocycles. The fraction of sp³-hybridized carbons (Fsp3) is 0.455. The topological polar surface area (TPSA) is 55.5 Å². The average molecular weight is 369 g/mol. The molecule has 3 rings (SSSR count). The summed E-state index contributed by atoms with van der Waals surface area (Å²) < 4.78 is 2.22. The number of ketones is 1. The zero-order valence-electron chi connectivity index (χ0n) is 16.7. The van der Waals surface area contributed by atoms with Gasteiger partial charge in [-0.3, -0.25) is 9.59 Å². The Bertz CT molecular complexity index is 822. The van der Waals surface area contributed by atoms with Crippen LogP contribution in [0.15, 0.2) is 36.4 Å². The third-order valence-corrected chi connectivity index (χ3v) is 5.32. The standard InChI is InChI=1S/C22H29N3O2/c1-15-12-20(17(3)25(15)16(2)18-8-6-5-7-9-18)21(26)13-24(4)14-22(27)23-19-10-11-19/h5-9,12,16,19H,10-11,13-14H2,1-4H3,(H,23,27)/p+1/t16-/m0/s1. The van der Waals surface area contributed by atoms with Crippen molar-refractivity contribution in [2.75, 3.05) is 20.1 Å². The van der Waals surface area contributed by atoms with Gasteiger partial charge in [0, 0.05) is 23.0 Å². The minimum absolute atomic E-state index is 0.0333. The SMILES string of the molecule is Cc1cc(C(=O)C[NH+](C)CC(=O)NC2CC2)c(C)n1[C@@H](C)c1ccccc1. The largest absolute Gasteiger partial charge is 0.348 e. The summed E-state index contributed by atoms with van der Waals surface area (Å²) in [5.41, 5.74) is 4.05. The number of amides is 1. The zero-order chi connectivity index (χ0) is 19.6. The molecule has 2 N–H and O–H groups in total. The first-order valence-electron chi connectivity index (χ1n) is 9.74. The maximum Gasteiger partial charge on any atom is 0.275 e. The van der Waals surface area contributed by atoms with Gasteiger partial charge in [-0.15, -0.1) is 0 Å². The van der Waals surface area contributed by atoms with E-state index in [2.05, 4.69) is 28.9 Å². The summed E-state index contributed by atoms with van der Waals surface area (Å²) in [6.45, 7) is 6.87. The van der Waals surface area contributed by atoms with Crippen molar-refractivity contribution in [1.82, 2.24) is 9.88 Å². The maximum absolute atomic E-state index is 12.9. The Morgan fingerprint density at radius 3 is 2.48 bits per heavy atom. The van der Waals surface area contributed by atoms with Crippen molar-refractivity contribution < 1.29 is 14.5 Å². The van der Waals surface area contributed by atoms with Gasteiger partial charge in [0.1, 0.15) is 6.54 Å². The van der Waals surface area contributed by atoms with E-state index in [0.29, 0.717) is 19.1 Å². The molecule has 1 aromatic heterocycles. The summed E-state index contributed by atoms with van der Waals surface area (Å²) in [7, 11) is 1.90. The van der Waals surface area contributed by atoms with E-state index in [-0.39, 0.29) is 17.7 Å². The van der Waals surface area contributed by atoms with Gasteiger partial charge in [-0.25, -0.2) is 0 Å². The monoisotopic (exact) mass is 368 g/mol. The van der Waals surface area contributed by atoms with Crippen LogP contribution >= 0.6 is 0 Å². The van der Waals surface area contributed by atoms with Crippen LogP contribution in [0, 0.1) is 13.8 Å². The van der Waals surface area contributed by atoms with Gasteiger partial charge in [-0.05, 0) is 45.2 Å². The van der Waals surface area contributed by atoms with Crippen LogP contribution in [0.2, 0.25) is 0 Å². The fourth-order valence-electron chi connectivity index (χ4n) is 3.75. The summed E-state index contributed by atoms with van der Waals surface area (Å²) in [5.74, 6) is 0.123. The second-order valence-electron chi connectivity index (χ2n) is 7.82. The first kappa shape index (κ1) is 19.4. The molecule has 5 heteroatoms. The predicted molar refractivity (Wildman–Crippen MR) is 106 cm³/mol. The lowest BCUT2D eigenvalue weighted by molar-refractivity contribution is -0.862. The van der Waals surface area contributed by atoms with Crippen molar-refractivity contribution in [2.45, 2.75) is 45.7 Å². The van der Waals surface area contributed by atoms with Gasteiger partial charge in [0.2, 0.25) is 5.78 Å². The molecule has 1 aromatic carbocycles. The lowest BCUT2D eigenvalue weighted by Crippen LogP contribution is -3.11. The molecule has 1 aliphatic carbocycles. The van der Waals surface area contributed by atoms with Gasteiger partial charge in [0.15, 0.2) is 6.54 Å². The average Bonchev–Trinajstić information content (AvgIpc) is 3.38. The van der Waals surface area contributed by atoms with E-state index in [0.717, 1.165) is 34.7 Å². The van der Waals surface area contributed by atoms with Gasteiger partial charge < -0.3 is 14.8 Å². The second-order valence-corrected chi connectivity index (χ2v) is 7.82. The maximum atomic E-state index is 12.9. The molecule has 1 fully saturated rings. The number of aryl methyl sites for hydroxylation is 1. The highest BCUT2D eigenvalue weighted by molar-refractivity contribution is 5.98. The summed E-state index contributed by atoms with van der Waals surface area (Å²) in [4.78, 5) is 25.7. The highest BCUT2D eigenvalue weighted by atomic mass is 16.2. The van der Waals surface area contributed by atoms with E-state index in [1.165, 1.54) is 5.56 Å². The molecule has 0 bridgehead atoms. The second kappa shape index (κ2) is 8.09. The summed E-state index contributed by atoms with van der Waals surface area (Å²) in [6.07, 6.45) is 2.16. The van der Waals surface area contributed by atoms with Gasteiger partial charge in [-0.2, -0.15) is 0 Å². The molecule has 0 radical (unpaired) electrons. The molecule has 0 saturated heterocycles. The van der Waals surface area contributed by atoms with Crippen molar-refractivity contribution in [3.63, 3.8) is 0 Å². The molecule has 27 heavy (non-hydrogen) atoms. The van der Waals surface area contributed by atoms with E-state index >= 15 is 0 Å². The van der Waals surface area contributed by atoms with E-state index < -0.39 is 0 Å². The van der Waals surface area contributed by atoms with Gasteiger partial charge in [0.25, 0.3) is 5.91 Å². The van der Waals surface area contributed by atoms with Crippen molar-refractivity contribution in [3.05, 3.63) is 58.9 Å². The number of carbonyl (C=O) groups excluding carboxylic acids is 2. The molecule has 1 amide bonds. The van der Waals surface area contributed by atoms with Crippen molar-refractivity contribution in [2.24, 2.45) is 0 Å². The molecule has 1 aliphatic rings. The number of quaternary nitrogens is 1. The lowest BCUT2D eigenvalue weighted by atomic mass is 10.1. The van der Waals surface area contributed by atoms with Gasteiger partial charge in [-0.1, -0.05) is 30.3 Å². The van der Waals surface area contributed by atoms with E-state index in [1.807, 2.05) is 45.2 Å². The fourth-order valence-corrected chi connectivity index (χ4v) is 3.75. The first-order valence-corrected chi connectivity index (χ1v) is 9.74. The number of rotatable bonds is 8.